The predicted octanol–water partition coefficient (Wildman–Crippen LogP) is 3.96. The van der Waals surface area contributed by atoms with Gasteiger partial charge in [-0.2, -0.15) is 23.2 Å². The van der Waals surface area contributed by atoms with Gasteiger partial charge in [-0.05, 0) is 50.8 Å². The van der Waals surface area contributed by atoms with Crippen LogP contribution in [0.4, 0.5) is 27.9 Å². The average molecular weight is 488 g/mol. The molecule has 0 unspecified atom stereocenters. The van der Waals surface area contributed by atoms with Crippen LogP contribution in [-0.4, -0.2) is 52.3 Å². The number of carbonyl (C=O) groups excluding carboxylic acids is 2. The number of ether oxygens (including phenoxy) is 1. The second-order valence-corrected chi connectivity index (χ2v) is 7.67. The molecule has 1 aromatic heterocycles. The van der Waals surface area contributed by atoms with E-state index in [2.05, 4.69) is 20.1 Å². The molecular formula is C21H21F5N4O4. The van der Waals surface area contributed by atoms with Crippen molar-refractivity contribution in [3.63, 3.8) is 0 Å². The highest BCUT2D eigenvalue weighted by molar-refractivity contribution is 5.94. The number of aromatic nitrogens is 2. The molecule has 1 amide bonds. The molecule has 0 atom stereocenters. The van der Waals surface area contributed by atoms with E-state index in [1.165, 1.54) is 7.11 Å². The van der Waals surface area contributed by atoms with Gasteiger partial charge in [0.1, 0.15) is 0 Å². The summed E-state index contributed by atoms with van der Waals surface area (Å²) in [6.45, 7) is 1.77. The lowest BCUT2D eigenvalue weighted by atomic mass is 9.90. The van der Waals surface area contributed by atoms with Gasteiger partial charge in [0, 0.05) is 23.4 Å². The van der Waals surface area contributed by atoms with Crippen LogP contribution >= 0.6 is 0 Å². The molecule has 0 bridgehead atoms. The number of alkyl halides is 3. The van der Waals surface area contributed by atoms with Gasteiger partial charge in [-0.1, -0.05) is 0 Å². The molecule has 0 spiro atoms. The van der Waals surface area contributed by atoms with E-state index in [4.69, 9.17) is 4.74 Å². The van der Waals surface area contributed by atoms with Crippen molar-refractivity contribution in [3.8, 4) is 5.88 Å². The summed E-state index contributed by atoms with van der Waals surface area (Å²) in [6.07, 6.45) is -2.74. The number of anilines is 1. The number of aryl methyl sites for hydroxylation is 1. The Balaban J connectivity index is 1.73. The Morgan fingerprint density at radius 1 is 1.12 bits per heavy atom. The van der Waals surface area contributed by atoms with E-state index in [1.54, 1.807) is 13.1 Å². The topological polar surface area (TPSA) is 93.7 Å². The second-order valence-electron chi connectivity index (χ2n) is 7.67. The van der Waals surface area contributed by atoms with Crippen molar-refractivity contribution in [2.24, 2.45) is 0 Å². The van der Waals surface area contributed by atoms with Crippen LogP contribution in [0, 0.1) is 18.6 Å². The molecule has 0 saturated heterocycles. The molecule has 1 N–H and O–H groups in total. The number of nitrogens with one attached hydrogen (secondary N) is 1. The minimum atomic E-state index is -5.35. The molecule has 3 rings (SSSR count). The third-order valence-corrected chi connectivity index (χ3v) is 5.26. The van der Waals surface area contributed by atoms with Gasteiger partial charge < -0.3 is 14.9 Å². The molecule has 1 aromatic carbocycles. The van der Waals surface area contributed by atoms with E-state index in [-0.39, 0.29) is 18.9 Å². The van der Waals surface area contributed by atoms with Crippen LogP contribution in [0.3, 0.4) is 0 Å². The van der Waals surface area contributed by atoms with Gasteiger partial charge in [-0.15, -0.1) is 0 Å². The Kier molecular flexibility index (Phi) is 7.52. The van der Waals surface area contributed by atoms with E-state index in [9.17, 15) is 31.5 Å². The first kappa shape index (κ1) is 25.1. The maximum absolute atomic E-state index is 13.6. The third kappa shape index (κ3) is 5.88. The first-order chi connectivity index (χ1) is 16.0. The fraction of sp³-hybridized carbons (Fsp3) is 0.429. The predicted molar refractivity (Wildman–Crippen MR) is 108 cm³/mol. The number of benzene rings is 1. The molecule has 1 heterocycles. The third-order valence-electron chi connectivity index (χ3n) is 5.26. The summed E-state index contributed by atoms with van der Waals surface area (Å²) in [6, 6.07) is 0.982. The molecule has 1 aliphatic rings. The van der Waals surface area contributed by atoms with E-state index in [0.717, 1.165) is 11.6 Å². The highest BCUT2D eigenvalue weighted by atomic mass is 19.4. The lowest BCUT2D eigenvalue weighted by Gasteiger charge is -2.35. The first-order valence-corrected chi connectivity index (χ1v) is 10.2. The van der Waals surface area contributed by atoms with Crippen molar-refractivity contribution in [2.75, 3.05) is 12.4 Å². The smallest absolute Gasteiger partial charge is 0.481 e. The van der Waals surface area contributed by atoms with Crippen molar-refractivity contribution in [2.45, 2.75) is 50.9 Å². The van der Waals surface area contributed by atoms with Gasteiger partial charge in [0.2, 0.25) is 11.8 Å². The molecule has 34 heavy (non-hydrogen) atoms. The Bertz CT molecular complexity index is 1060. The normalized spacial score (nSPS) is 18.2. The standard InChI is InChI=1S/C21H21F5N4O4/c1-11-10-27-20(29-17(11)33-2)28-13-4-6-14(7-5-13)30(34-19(32)21(24,25)26)18(31)12-3-8-15(22)16(23)9-12/h3,8-10,13-14H,4-7H2,1-2H3,(H,27,28,29). The molecule has 8 nitrogen and oxygen atoms in total. The summed E-state index contributed by atoms with van der Waals surface area (Å²) in [7, 11) is 1.46. The monoisotopic (exact) mass is 488 g/mol. The number of amides is 1. The molecular weight excluding hydrogens is 467 g/mol. The number of halogens is 5. The van der Waals surface area contributed by atoms with Gasteiger partial charge in [0.25, 0.3) is 5.91 Å². The lowest BCUT2D eigenvalue weighted by molar-refractivity contribution is -0.235. The molecule has 13 heteroatoms. The summed E-state index contributed by atoms with van der Waals surface area (Å²) in [4.78, 5) is 37.0. The maximum atomic E-state index is 13.6. The van der Waals surface area contributed by atoms with Crippen molar-refractivity contribution in [3.05, 3.63) is 47.2 Å². The van der Waals surface area contributed by atoms with Crippen LogP contribution in [0.15, 0.2) is 24.4 Å². The van der Waals surface area contributed by atoms with Crippen LogP contribution in [-0.2, 0) is 9.63 Å². The van der Waals surface area contributed by atoms with Crippen LogP contribution in [0.2, 0.25) is 0 Å². The molecule has 1 saturated carbocycles. The number of hydrogen-bond acceptors (Lipinski definition) is 7. The van der Waals surface area contributed by atoms with Crippen LogP contribution in [0.5, 0.6) is 5.88 Å². The molecule has 2 aromatic rings. The van der Waals surface area contributed by atoms with Crippen LogP contribution < -0.4 is 10.1 Å². The molecule has 0 radical (unpaired) electrons. The second kappa shape index (κ2) is 10.2. The average Bonchev–Trinajstić information content (AvgIpc) is 2.80. The number of hydroxylamine groups is 2. The molecule has 1 aliphatic carbocycles. The minimum Gasteiger partial charge on any atom is -0.481 e. The largest absolute Gasteiger partial charge is 0.493 e. The summed E-state index contributed by atoms with van der Waals surface area (Å²) in [5.74, 6) is -5.72. The Morgan fingerprint density at radius 3 is 2.38 bits per heavy atom. The Labute approximate surface area is 191 Å². The minimum absolute atomic E-state index is 0.154. The van der Waals surface area contributed by atoms with Gasteiger partial charge in [-0.3, -0.25) is 4.79 Å². The van der Waals surface area contributed by atoms with Crippen molar-refractivity contribution >= 4 is 17.8 Å². The van der Waals surface area contributed by atoms with E-state index < -0.39 is 41.3 Å². The van der Waals surface area contributed by atoms with E-state index in [0.29, 0.717) is 41.9 Å². The zero-order chi connectivity index (χ0) is 25.0. The molecule has 184 valence electrons. The fourth-order valence-corrected chi connectivity index (χ4v) is 3.52. The SMILES string of the molecule is COc1nc(NC2CCC(N(OC(=O)C(F)(F)F)C(=O)c3ccc(F)c(F)c3)CC2)ncc1C. The van der Waals surface area contributed by atoms with Crippen molar-refractivity contribution < 1.29 is 41.1 Å². The zero-order valence-electron chi connectivity index (χ0n) is 18.2. The molecule has 0 aliphatic heterocycles. The number of carbonyl (C=O) groups is 2. The first-order valence-electron chi connectivity index (χ1n) is 10.2. The number of methoxy groups -OCH3 is 1. The van der Waals surface area contributed by atoms with Crippen molar-refractivity contribution in [1.82, 2.24) is 15.0 Å². The maximum Gasteiger partial charge on any atom is 0.493 e. The van der Waals surface area contributed by atoms with Crippen molar-refractivity contribution in [1.29, 1.82) is 0 Å². The highest BCUT2D eigenvalue weighted by Crippen LogP contribution is 2.29. The van der Waals surface area contributed by atoms with Gasteiger partial charge in [0.15, 0.2) is 11.6 Å². The van der Waals surface area contributed by atoms with Crippen LogP contribution in [0.1, 0.15) is 41.6 Å². The zero-order valence-corrected chi connectivity index (χ0v) is 18.2. The summed E-state index contributed by atoms with van der Waals surface area (Å²) >= 11 is 0. The summed E-state index contributed by atoms with van der Waals surface area (Å²) in [5.41, 5.74) is 0.267. The fourth-order valence-electron chi connectivity index (χ4n) is 3.52. The van der Waals surface area contributed by atoms with Gasteiger partial charge in [-0.25, -0.2) is 18.6 Å². The molecule has 1 fully saturated rings. The number of hydrogen-bond donors (Lipinski definition) is 1. The Morgan fingerprint density at radius 2 is 1.79 bits per heavy atom. The quantitative estimate of drug-likeness (QED) is 0.503. The summed E-state index contributed by atoms with van der Waals surface area (Å²) < 4.78 is 70.3. The van der Waals surface area contributed by atoms with E-state index >= 15 is 0 Å². The number of nitrogens with zero attached hydrogens (tertiary/aromatic N) is 3. The van der Waals surface area contributed by atoms with E-state index in [1.807, 2.05) is 0 Å². The number of rotatable bonds is 5. The van der Waals surface area contributed by atoms with Crippen LogP contribution in [0.25, 0.3) is 0 Å². The van der Waals surface area contributed by atoms with Gasteiger partial charge >= 0.3 is 12.1 Å². The highest BCUT2D eigenvalue weighted by Gasteiger charge is 2.45. The Hall–Kier alpha value is -3.51. The lowest BCUT2D eigenvalue weighted by Crippen LogP contribution is -2.47. The van der Waals surface area contributed by atoms with Gasteiger partial charge in [0.05, 0.1) is 13.2 Å². The summed E-state index contributed by atoms with van der Waals surface area (Å²) in [5, 5.41) is 3.39.